The first kappa shape index (κ1) is 23.3. The quantitative estimate of drug-likeness (QED) is 0.514. The molecule has 0 spiro atoms. The van der Waals surface area contributed by atoms with E-state index in [2.05, 4.69) is 29.4 Å². The minimum Gasteiger partial charge on any atom is -0.359 e. The number of para-hydroxylation sites is 1. The second kappa shape index (κ2) is 9.87. The lowest BCUT2D eigenvalue weighted by molar-refractivity contribution is -0.140. The number of amides is 3. The first-order valence-corrected chi connectivity index (χ1v) is 11.0. The summed E-state index contributed by atoms with van der Waals surface area (Å²) in [6.07, 6.45) is 0.712. The van der Waals surface area contributed by atoms with Crippen molar-refractivity contribution in [1.82, 2.24) is 10.2 Å². The van der Waals surface area contributed by atoms with Gasteiger partial charge in [-0.25, -0.2) is 4.79 Å². The van der Waals surface area contributed by atoms with E-state index in [1.165, 1.54) is 18.2 Å². The SMILES string of the molecule is CCN(CC)CCCNC(=O)[C@]1(O)c2ccccc2NC(=O)N1c1ccc(Cl)c(Cl)c1. The summed E-state index contributed by atoms with van der Waals surface area (Å²) in [7, 11) is 0. The van der Waals surface area contributed by atoms with Gasteiger partial charge >= 0.3 is 6.03 Å². The third-order valence-corrected chi connectivity index (χ3v) is 6.12. The van der Waals surface area contributed by atoms with E-state index in [0.29, 0.717) is 23.7 Å². The van der Waals surface area contributed by atoms with Gasteiger partial charge in [-0.1, -0.05) is 55.2 Å². The minimum atomic E-state index is -2.26. The minimum absolute atomic E-state index is 0.202. The number of halogens is 2. The Balaban J connectivity index is 1.93. The van der Waals surface area contributed by atoms with Gasteiger partial charge in [0.15, 0.2) is 0 Å². The molecule has 1 aliphatic heterocycles. The van der Waals surface area contributed by atoms with E-state index in [-0.39, 0.29) is 16.3 Å². The van der Waals surface area contributed by atoms with Crippen LogP contribution in [0.15, 0.2) is 42.5 Å². The Kier molecular flexibility index (Phi) is 7.43. The van der Waals surface area contributed by atoms with E-state index in [0.717, 1.165) is 24.5 Å². The van der Waals surface area contributed by atoms with Crippen molar-refractivity contribution >= 4 is 46.5 Å². The molecule has 0 bridgehead atoms. The van der Waals surface area contributed by atoms with Crippen molar-refractivity contribution in [3.05, 3.63) is 58.1 Å². The summed E-state index contributed by atoms with van der Waals surface area (Å²) in [5, 5.41) is 17.7. The highest BCUT2D eigenvalue weighted by Crippen LogP contribution is 2.41. The highest BCUT2D eigenvalue weighted by atomic mass is 35.5. The Labute approximate surface area is 191 Å². The van der Waals surface area contributed by atoms with Crippen LogP contribution in [0.2, 0.25) is 10.0 Å². The van der Waals surface area contributed by atoms with Crippen LogP contribution in [0, 0.1) is 0 Å². The summed E-state index contributed by atoms with van der Waals surface area (Å²) < 4.78 is 0. The summed E-state index contributed by atoms with van der Waals surface area (Å²) in [4.78, 5) is 29.5. The predicted octanol–water partition coefficient (Wildman–Crippen LogP) is 4.04. The molecule has 0 fully saturated rings. The van der Waals surface area contributed by atoms with Gasteiger partial charge in [0.2, 0.25) is 0 Å². The van der Waals surface area contributed by atoms with Gasteiger partial charge in [-0.3, -0.25) is 9.69 Å². The zero-order valence-corrected chi connectivity index (χ0v) is 19.0. The number of urea groups is 1. The van der Waals surface area contributed by atoms with Crippen LogP contribution in [-0.2, 0) is 10.5 Å². The van der Waals surface area contributed by atoms with Crippen LogP contribution in [0.25, 0.3) is 0 Å². The smallest absolute Gasteiger partial charge is 0.329 e. The maximum absolute atomic E-state index is 13.3. The maximum Gasteiger partial charge on any atom is 0.329 e. The van der Waals surface area contributed by atoms with Crippen molar-refractivity contribution in [2.75, 3.05) is 36.4 Å². The van der Waals surface area contributed by atoms with Crippen LogP contribution in [0.3, 0.4) is 0 Å². The van der Waals surface area contributed by atoms with Crippen molar-refractivity contribution in [1.29, 1.82) is 0 Å². The van der Waals surface area contributed by atoms with E-state index in [1.807, 2.05) is 0 Å². The third-order valence-electron chi connectivity index (χ3n) is 5.38. The van der Waals surface area contributed by atoms with Crippen molar-refractivity contribution in [3.63, 3.8) is 0 Å². The molecule has 3 N–H and O–H groups in total. The van der Waals surface area contributed by atoms with Crippen molar-refractivity contribution in [2.45, 2.75) is 26.0 Å². The van der Waals surface area contributed by atoms with Gasteiger partial charge in [0.1, 0.15) is 0 Å². The van der Waals surface area contributed by atoms with Crippen LogP contribution < -0.4 is 15.5 Å². The molecule has 3 rings (SSSR count). The molecular weight excluding hydrogens is 439 g/mol. The van der Waals surface area contributed by atoms with Crippen LogP contribution in [0.5, 0.6) is 0 Å². The van der Waals surface area contributed by atoms with Crippen molar-refractivity contribution in [2.24, 2.45) is 0 Å². The molecule has 2 aromatic carbocycles. The Morgan fingerprint density at radius 1 is 1.16 bits per heavy atom. The van der Waals surface area contributed by atoms with Gasteiger partial charge in [0.05, 0.1) is 21.4 Å². The highest BCUT2D eigenvalue weighted by Gasteiger charge is 2.51. The summed E-state index contributed by atoms with van der Waals surface area (Å²) in [6, 6.07) is 10.5. The Hall–Kier alpha value is -2.32. The van der Waals surface area contributed by atoms with Crippen LogP contribution in [0.4, 0.5) is 16.2 Å². The summed E-state index contributed by atoms with van der Waals surface area (Å²) >= 11 is 12.1. The number of hydrogen-bond acceptors (Lipinski definition) is 4. The largest absolute Gasteiger partial charge is 0.359 e. The van der Waals surface area contributed by atoms with Crippen molar-refractivity contribution < 1.29 is 14.7 Å². The van der Waals surface area contributed by atoms with Crippen LogP contribution in [-0.4, -0.2) is 48.1 Å². The molecule has 1 atom stereocenters. The molecule has 1 aliphatic rings. The lowest BCUT2D eigenvalue weighted by atomic mass is 9.94. The number of aliphatic hydroxyl groups is 1. The zero-order valence-electron chi connectivity index (χ0n) is 17.5. The molecule has 1 heterocycles. The van der Waals surface area contributed by atoms with E-state index < -0.39 is 17.7 Å². The van der Waals surface area contributed by atoms with Gasteiger partial charge in [-0.2, -0.15) is 0 Å². The van der Waals surface area contributed by atoms with Gasteiger partial charge in [-0.05, 0) is 50.3 Å². The third kappa shape index (κ3) is 4.65. The molecule has 0 unspecified atom stereocenters. The molecular formula is C22H26Cl2N4O3. The number of nitrogens with zero attached hydrogens (tertiary/aromatic N) is 2. The topological polar surface area (TPSA) is 84.9 Å². The predicted molar refractivity (Wildman–Crippen MR) is 124 cm³/mol. The molecule has 0 aromatic heterocycles. The van der Waals surface area contributed by atoms with Crippen LogP contribution in [0.1, 0.15) is 25.8 Å². The van der Waals surface area contributed by atoms with Gasteiger partial charge in [0, 0.05) is 12.1 Å². The summed E-state index contributed by atoms with van der Waals surface area (Å²) in [6.45, 7) is 7.19. The molecule has 31 heavy (non-hydrogen) atoms. The Morgan fingerprint density at radius 2 is 1.87 bits per heavy atom. The second-order valence-corrected chi connectivity index (χ2v) is 8.03. The Morgan fingerprint density at radius 3 is 2.55 bits per heavy atom. The Bertz CT molecular complexity index is 968. The fourth-order valence-electron chi connectivity index (χ4n) is 3.65. The number of hydrogen-bond donors (Lipinski definition) is 3. The standard InChI is InChI=1S/C22H26Cl2N4O3/c1-3-27(4-2)13-7-12-25-20(29)22(31)16-8-5-6-9-19(16)26-21(30)28(22)15-10-11-17(23)18(24)14-15/h5-6,8-11,14,31H,3-4,7,12-13H2,1-2H3,(H,25,29)(H,26,30)/t22-/m1/s1. The number of carbonyl (C=O) groups is 2. The van der Waals surface area contributed by atoms with E-state index >= 15 is 0 Å². The van der Waals surface area contributed by atoms with E-state index in [9.17, 15) is 14.7 Å². The van der Waals surface area contributed by atoms with Gasteiger partial charge < -0.3 is 20.6 Å². The second-order valence-electron chi connectivity index (χ2n) is 7.22. The fourth-order valence-corrected chi connectivity index (χ4v) is 3.95. The summed E-state index contributed by atoms with van der Waals surface area (Å²) in [5.41, 5.74) is -1.39. The first-order valence-electron chi connectivity index (χ1n) is 10.2. The molecule has 0 radical (unpaired) electrons. The van der Waals surface area contributed by atoms with Gasteiger partial charge in [0.25, 0.3) is 11.6 Å². The zero-order chi connectivity index (χ0) is 22.6. The molecule has 0 saturated carbocycles. The highest BCUT2D eigenvalue weighted by molar-refractivity contribution is 6.42. The van der Waals surface area contributed by atoms with E-state index in [1.54, 1.807) is 24.3 Å². The summed E-state index contributed by atoms with van der Waals surface area (Å²) in [5.74, 6) is -0.694. The molecule has 7 nitrogen and oxygen atoms in total. The number of nitrogens with one attached hydrogen (secondary N) is 2. The lowest BCUT2D eigenvalue weighted by Gasteiger charge is -2.42. The number of anilines is 2. The molecule has 2 aromatic rings. The number of benzene rings is 2. The number of fused-ring (bicyclic) bond motifs is 1. The average Bonchev–Trinajstić information content (AvgIpc) is 2.76. The molecule has 166 valence electrons. The maximum atomic E-state index is 13.3. The monoisotopic (exact) mass is 464 g/mol. The number of rotatable bonds is 8. The molecule has 0 saturated heterocycles. The number of carbonyl (C=O) groups excluding carboxylic acids is 2. The normalized spacial score (nSPS) is 18.0. The van der Waals surface area contributed by atoms with Crippen molar-refractivity contribution in [3.8, 4) is 0 Å². The fraction of sp³-hybridized carbons (Fsp3) is 0.364. The first-order chi connectivity index (χ1) is 14.8. The van der Waals surface area contributed by atoms with Crippen LogP contribution >= 0.6 is 23.2 Å². The van der Waals surface area contributed by atoms with Gasteiger partial charge in [-0.15, -0.1) is 0 Å². The molecule has 3 amide bonds. The lowest BCUT2D eigenvalue weighted by Crippen LogP contribution is -2.62. The average molecular weight is 465 g/mol. The van der Waals surface area contributed by atoms with E-state index in [4.69, 9.17) is 23.2 Å². The molecule has 9 heteroatoms. The molecule has 0 aliphatic carbocycles.